The number of benzene rings is 2. The number of nitrogens with zero attached hydrogens (tertiary/aromatic N) is 4. The standard InChI is InChI=1S/C44H47ClN6O6/c1-55-41-25(21-47-22-28-11-18-40(52)48-28)10-16-38(49-41)34-7-3-6-32(36(34)20-46)31-5-4-8-35-33(31)15-17-39(35)57-43-37(45)19-27(42(50-43)56-2)24-51-23-26-9-12-29(51)13-14-30(26)44(53)54/h3-8,10,16,19,26,28-30,39,47H,9,11-15,17-18,21-24H2,1-2H3,(H,48,52)(H,53,54)/t26?,28-,29?,30?,39-/m0/s1. The number of ether oxygens (including phenoxy) is 3. The van der Waals surface area contributed by atoms with E-state index in [1.807, 2.05) is 48.5 Å². The highest BCUT2D eigenvalue weighted by Gasteiger charge is 2.40. The number of aliphatic carboxylic acids is 1. The fourth-order valence-electron chi connectivity index (χ4n) is 9.38. The number of carboxylic acids is 1. The zero-order valence-corrected chi connectivity index (χ0v) is 33.0. The number of carboxylic acid groups (broad SMARTS) is 1. The number of rotatable bonds is 13. The third-order valence-electron chi connectivity index (χ3n) is 12.2. The zero-order valence-electron chi connectivity index (χ0n) is 32.2. The predicted octanol–water partition coefficient (Wildman–Crippen LogP) is 6.86. The van der Waals surface area contributed by atoms with E-state index in [1.54, 1.807) is 14.2 Å². The van der Waals surface area contributed by atoms with Gasteiger partial charge in [-0.05, 0) is 79.7 Å². The van der Waals surface area contributed by atoms with Gasteiger partial charge in [-0.3, -0.25) is 14.5 Å². The minimum absolute atomic E-state index is 0.0888. The van der Waals surface area contributed by atoms with E-state index in [-0.39, 0.29) is 29.9 Å². The Morgan fingerprint density at radius 2 is 1.72 bits per heavy atom. The van der Waals surface area contributed by atoms with Gasteiger partial charge in [-0.15, -0.1) is 0 Å². The second kappa shape index (κ2) is 16.7. The number of nitriles is 1. The molecule has 5 atom stereocenters. The van der Waals surface area contributed by atoms with Crippen LogP contribution in [0.25, 0.3) is 22.4 Å². The number of amides is 1. The van der Waals surface area contributed by atoms with E-state index < -0.39 is 5.97 Å². The molecule has 1 amide bonds. The zero-order chi connectivity index (χ0) is 39.6. The average molecular weight is 791 g/mol. The van der Waals surface area contributed by atoms with E-state index >= 15 is 0 Å². The number of piperidine rings is 1. The highest BCUT2D eigenvalue weighted by atomic mass is 35.5. The summed E-state index contributed by atoms with van der Waals surface area (Å²) in [4.78, 5) is 35.5. The van der Waals surface area contributed by atoms with Gasteiger partial charge in [0.15, 0.2) is 0 Å². The quantitative estimate of drug-likeness (QED) is 0.130. The van der Waals surface area contributed by atoms with Gasteiger partial charge in [0.05, 0.1) is 31.4 Å². The molecule has 12 nitrogen and oxygen atoms in total. The minimum Gasteiger partial charge on any atom is -0.481 e. The highest BCUT2D eigenvalue weighted by molar-refractivity contribution is 6.31. The molecule has 1 saturated carbocycles. The first-order valence-electron chi connectivity index (χ1n) is 19.8. The fourth-order valence-corrected chi connectivity index (χ4v) is 9.59. The van der Waals surface area contributed by atoms with Crippen LogP contribution in [0.1, 0.15) is 78.9 Å². The van der Waals surface area contributed by atoms with Crippen LogP contribution in [0.3, 0.4) is 0 Å². The van der Waals surface area contributed by atoms with Crippen molar-refractivity contribution in [3.05, 3.63) is 87.4 Å². The Morgan fingerprint density at radius 3 is 2.49 bits per heavy atom. The van der Waals surface area contributed by atoms with Crippen LogP contribution in [-0.4, -0.2) is 71.2 Å². The molecule has 0 spiro atoms. The molecule has 296 valence electrons. The van der Waals surface area contributed by atoms with Crippen molar-refractivity contribution in [1.29, 1.82) is 5.26 Å². The lowest BCUT2D eigenvalue weighted by molar-refractivity contribution is -0.144. The highest BCUT2D eigenvalue weighted by Crippen LogP contribution is 2.44. The molecule has 3 aliphatic heterocycles. The van der Waals surface area contributed by atoms with Crippen molar-refractivity contribution in [3.8, 4) is 46.1 Å². The topological polar surface area (TPSA) is 159 Å². The van der Waals surface area contributed by atoms with Crippen molar-refractivity contribution < 1.29 is 28.9 Å². The summed E-state index contributed by atoms with van der Waals surface area (Å²) in [6.07, 6.45) is 6.03. The summed E-state index contributed by atoms with van der Waals surface area (Å²) in [5, 5.41) is 27.2. The summed E-state index contributed by atoms with van der Waals surface area (Å²) in [7, 11) is 3.18. The van der Waals surface area contributed by atoms with Crippen LogP contribution in [0.2, 0.25) is 5.02 Å². The first-order valence-corrected chi connectivity index (χ1v) is 20.2. The van der Waals surface area contributed by atoms with Gasteiger partial charge in [-0.1, -0.05) is 54.1 Å². The molecule has 4 aromatic rings. The third-order valence-corrected chi connectivity index (χ3v) is 12.5. The van der Waals surface area contributed by atoms with Crippen molar-refractivity contribution in [1.82, 2.24) is 25.5 Å². The van der Waals surface area contributed by atoms with Crippen molar-refractivity contribution in [2.45, 2.75) is 82.6 Å². The Morgan fingerprint density at radius 1 is 0.947 bits per heavy atom. The lowest BCUT2D eigenvalue weighted by Crippen LogP contribution is -2.42. The molecule has 3 saturated heterocycles. The van der Waals surface area contributed by atoms with Crippen LogP contribution in [0.4, 0.5) is 0 Å². The molecule has 3 N–H and O–H groups in total. The monoisotopic (exact) mass is 790 g/mol. The molecule has 13 heteroatoms. The molecule has 2 bridgehead atoms. The number of methoxy groups -OCH3 is 2. The molecule has 5 aliphatic rings. The van der Waals surface area contributed by atoms with Gasteiger partial charge >= 0.3 is 5.97 Å². The maximum Gasteiger partial charge on any atom is 0.306 e. The van der Waals surface area contributed by atoms with Crippen LogP contribution >= 0.6 is 11.6 Å². The number of nitrogens with one attached hydrogen (secondary N) is 2. The number of fused-ring (bicyclic) bond motifs is 5. The summed E-state index contributed by atoms with van der Waals surface area (Å²) < 4.78 is 18.0. The van der Waals surface area contributed by atoms with Crippen molar-refractivity contribution in [2.24, 2.45) is 11.8 Å². The number of carbonyl (C=O) groups is 2. The molecule has 9 rings (SSSR count). The lowest BCUT2D eigenvalue weighted by atomic mass is 9.86. The molecule has 4 fully saturated rings. The Hall–Kier alpha value is -5.22. The van der Waals surface area contributed by atoms with Crippen LogP contribution in [-0.2, 0) is 29.1 Å². The average Bonchev–Trinajstić information content (AvgIpc) is 3.71. The van der Waals surface area contributed by atoms with Crippen molar-refractivity contribution in [2.75, 3.05) is 27.3 Å². The van der Waals surface area contributed by atoms with Gasteiger partial charge in [-0.25, -0.2) is 4.98 Å². The predicted molar refractivity (Wildman–Crippen MR) is 214 cm³/mol. The van der Waals surface area contributed by atoms with E-state index in [0.29, 0.717) is 84.4 Å². The maximum atomic E-state index is 11.9. The van der Waals surface area contributed by atoms with Crippen molar-refractivity contribution in [3.63, 3.8) is 0 Å². The largest absolute Gasteiger partial charge is 0.481 e. The van der Waals surface area contributed by atoms with E-state index in [1.165, 1.54) is 0 Å². The number of aromatic nitrogens is 2. The number of pyridine rings is 2. The summed E-state index contributed by atoms with van der Waals surface area (Å²) in [6, 6.07) is 20.6. The normalized spacial score (nSPS) is 22.7. The van der Waals surface area contributed by atoms with E-state index in [2.05, 4.69) is 27.7 Å². The molecular weight excluding hydrogens is 744 g/mol. The molecule has 2 aromatic carbocycles. The number of carbonyl (C=O) groups excluding carboxylic acids is 1. The Bertz CT molecular complexity index is 2230. The van der Waals surface area contributed by atoms with Gasteiger partial charge in [0.1, 0.15) is 17.2 Å². The molecular formula is C44H47ClN6O6. The first-order chi connectivity index (χ1) is 27.7. The smallest absolute Gasteiger partial charge is 0.306 e. The van der Waals surface area contributed by atoms with Gasteiger partial charge < -0.3 is 30.0 Å². The van der Waals surface area contributed by atoms with Gasteiger partial charge in [0.25, 0.3) is 0 Å². The summed E-state index contributed by atoms with van der Waals surface area (Å²) in [6.45, 7) is 2.50. The van der Waals surface area contributed by atoms with Crippen molar-refractivity contribution >= 4 is 23.5 Å². The Balaban J connectivity index is 1.00. The van der Waals surface area contributed by atoms with Gasteiger partial charge in [0.2, 0.25) is 23.5 Å². The lowest BCUT2D eigenvalue weighted by Gasteiger charge is -2.37. The second-order valence-electron chi connectivity index (χ2n) is 15.5. The van der Waals surface area contributed by atoms with Gasteiger partial charge in [0, 0.05) is 66.9 Å². The van der Waals surface area contributed by atoms with Crippen LogP contribution in [0.15, 0.2) is 54.6 Å². The van der Waals surface area contributed by atoms with Crippen LogP contribution in [0.5, 0.6) is 17.6 Å². The summed E-state index contributed by atoms with van der Waals surface area (Å²) in [5.41, 5.74) is 7.51. The number of hydrogen-bond acceptors (Lipinski definition) is 10. The molecule has 0 radical (unpaired) electrons. The maximum absolute atomic E-state index is 11.9. The second-order valence-corrected chi connectivity index (χ2v) is 16.0. The summed E-state index contributed by atoms with van der Waals surface area (Å²) in [5.74, 6) is 0.460. The SMILES string of the molecule is COc1nc(-c2cccc(-c3cccc4c3CC[C@@H]4Oc3nc(OC)c(CN4CC5CCC4CCC5C(=O)O)cc3Cl)c2C#N)ccc1CNC[C@@H]1CCC(=O)N1. The van der Waals surface area contributed by atoms with E-state index in [9.17, 15) is 20.0 Å². The third kappa shape index (κ3) is 7.89. The fraction of sp³-hybridized carbons (Fsp3) is 0.432. The molecule has 57 heavy (non-hydrogen) atoms. The molecule has 2 aliphatic carbocycles. The Kier molecular flexibility index (Phi) is 11.3. The Labute approximate surface area is 337 Å². The van der Waals surface area contributed by atoms with Gasteiger partial charge in [-0.2, -0.15) is 10.2 Å². The summed E-state index contributed by atoms with van der Waals surface area (Å²) >= 11 is 6.88. The van der Waals surface area contributed by atoms with Crippen LogP contribution in [0, 0.1) is 23.2 Å². The molecule has 2 aromatic heterocycles. The number of hydrogen-bond donors (Lipinski definition) is 3. The first kappa shape index (κ1) is 38.6. The van der Waals surface area contributed by atoms with E-state index in [0.717, 1.165) is 72.0 Å². The minimum atomic E-state index is -0.691. The van der Waals surface area contributed by atoms with E-state index in [4.69, 9.17) is 35.8 Å². The molecule has 5 heterocycles. The van der Waals surface area contributed by atoms with Crippen LogP contribution < -0.4 is 24.8 Å². The number of halogens is 1. The molecule has 3 unspecified atom stereocenters.